The van der Waals surface area contributed by atoms with Gasteiger partial charge in [-0.25, -0.2) is 0 Å². The average molecular weight is 749 g/mol. The van der Waals surface area contributed by atoms with E-state index in [2.05, 4.69) is 19.2 Å². The molecule has 4 saturated heterocycles. The number of nitrogens with zero attached hydrogens (tertiary/aromatic N) is 1. The van der Waals surface area contributed by atoms with Gasteiger partial charge in [-0.1, -0.05) is 75.9 Å². The van der Waals surface area contributed by atoms with Crippen molar-refractivity contribution in [3.63, 3.8) is 0 Å². The van der Waals surface area contributed by atoms with E-state index in [9.17, 15) is 35.1 Å². The lowest BCUT2D eigenvalue weighted by Gasteiger charge is -2.48. The summed E-state index contributed by atoms with van der Waals surface area (Å²) < 4.78 is 30.8. The Morgan fingerprint density at radius 3 is 2.42 bits per heavy atom. The van der Waals surface area contributed by atoms with Gasteiger partial charge in [0.15, 0.2) is 18.1 Å². The summed E-state index contributed by atoms with van der Waals surface area (Å²) in [7, 11) is 0. The van der Waals surface area contributed by atoms with Crippen LogP contribution in [0.5, 0.6) is 0 Å². The summed E-state index contributed by atoms with van der Waals surface area (Å²) in [5.74, 6) is -1.87. The van der Waals surface area contributed by atoms with Crippen LogP contribution in [0.25, 0.3) is 6.08 Å². The molecule has 15 nitrogen and oxygen atoms in total. The fraction of sp³-hybridized carbons (Fsp3) is 0.737. The minimum Gasteiger partial charge on any atom is -0.458 e. The first-order valence-corrected chi connectivity index (χ1v) is 19.2. The van der Waals surface area contributed by atoms with Gasteiger partial charge in [-0.15, -0.1) is 0 Å². The minimum absolute atomic E-state index is 0.0159. The van der Waals surface area contributed by atoms with E-state index in [0.717, 1.165) is 49.7 Å². The van der Waals surface area contributed by atoms with Crippen LogP contribution in [0.3, 0.4) is 0 Å². The number of nitrogens with one attached hydrogen (secondary N) is 1. The Kier molecular flexibility index (Phi) is 13.3. The van der Waals surface area contributed by atoms with Gasteiger partial charge >= 0.3 is 5.97 Å². The Labute approximate surface area is 310 Å². The van der Waals surface area contributed by atoms with Crippen LogP contribution in [0.4, 0.5) is 0 Å². The Balaban J connectivity index is 1.24. The van der Waals surface area contributed by atoms with Crippen LogP contribution in [0.15, 0.2) is 30.3 Å². The third-order valence-corrected chi connectivity index (χ3v) is 11.3. The van der Waals surface area contributed by atoms with Crippen molar-refractivity contribution in [2.24, 2.45) is 5.41 Å². The third kappa shape index (κ3) is 7.94. The Hall–Kier alpha value is -2.54. The molecule has 4 aliphatic heterocycles. The second kappa shape index (κ2) is 17.5. The van der Waals surface area contributed by atoms with E-state index in [1.54, 1.807) is 12.2 Å². The number of benzene rings is 1. The van der Waals surface area contributed by atoms with Crippen LogP contribution in [0.2, 0.25) is 0 Å². The highest BCUT2D eigenvalue weighted by Crippen LogP contribution is 2.58. The molecule has 5 aliphatic rings. The van der Waals surface area contributed by atoms with E-state index in [4.69, 9.17) is 28.5 Å². The van der Waals surface area contributed by atoms with Crippen LogP contribution in [-0.2, 0) is 44.7 Å². The number of carbonyl (C=O) groups is 2. The predicted octanol–water partition coefficient (Wildman–Crippen LogP) is 1.07. The molecule has 2 bridgehead atoms. The normalized spacial score (nSPS) is 36.1. The Morgan fingerprint density at radius 1 is 1.00 bits per heavy atom. The molecule has 15 heteroatoms. The number of unbranched alkanes of at least 4 members (excludes halogenated alkanes) is 4. The monoisotopic (exact) mass is 748 g/mol. The smallest absolute Gasteiger partial charge is 0.327 e. The summed E-state index contributed by atoms with van der Waals surface area (Å²) in [5.41, 5.74) is 0.171. The summed E-state index contributed by atoms with van der Waals surface area (Å²) >= 11 is 0. The molecule has 1 saturated carbocycles. The van der Waals surface area contributed by atoms with E-state index >= 15 is 0 Å². The zero-order valence-corrected chi connectivity index (χ0v) is 30.6. The molecule has 4 heterocycles. The molecule has 6 N–H and O–H groups in total. The van der Waals surface area contributed by atoms with Crippen LogP contribution < -0.4 is 5.32 Å². The van der Waals surface area contributed by atoms with Crippen molar-refractivity contribution in [2.75, 3.05) is 26.4 Å². The maximum Gasteiger partial charge on any atom is 0.327 e. The molecule has 1 aromatic rings. The van der Waals surface area contributed by atoms with Gasteiger partial charge in [-0.3, -0.25) is 14.4 Å². The quantitative estimate of drug-likeness (QED) is 0.0918. The highest BCUT2D eigenvalue weighted by Gasteiger charge is 2.76. The van der Waals surface area contributed by atoms with Gasteiger partial charge in [0.25, 0.3) is 0 Å². The van der Waals surface area contributed by atoms with Gasteiger partial charge in [-0.05, 0) is 24.0 Å². The van der Waals surface area contributed by atoms with Crippen LogP contribution >= 0.6 is 0 Å². The summed E-state index contributed by atoms with van der Waals surface area (Å²) in [5, 5.41) is 53.9. The summed E-state index contributed by atoms with van der Waals surface area (Å²) in [6.45, 7) is 3.55. The number of rotatable bonds is 18. The van der Waals surface area contributed by atoms with Gasteiger partial charge in [0, 0.05) is 25.8 Å². The van der Waals surface area contributed by atoms with Crippen molar-refractivity contribution >= 4 is 18.0 Å². The lowest BCUT2D eigenvalue weighted by molar-refractivity contribution is -0.298. The number of fused-ring (bicyclic) bond motifs is 4. The largest absolute Gasteiger partial charge is 0.458 e. The molecule has 6 rings (SSSR count). The zero-order chi connectivity index (χ0) is 37.8. The van der Waals surface area contributed by atoms with Crippen molar-refractivity contribution in [3.05, 3.63) is 41.5 Å². The summed E-state index contributed by atoms with van der Waals surface area (Å²) in [6, 6.07) is 6.36. The molecular weight excluding hydrogens is 692 g/mol. The van der Waals surface area contributed by atoms with Crippen LogP contribution in [-0.4, -0.2) is 136 Å². The number of hydrogen-bond acceptors (Lipinski definition) is 14. The molecule has 5 fully saturated rings. The topological polar surface area (TPSA) is 206 Å². The van der Waals surface area contributed by atoms with E-state index in [0.29, 0.717) is 12.8 Å². The molecule has 1 aromatic carbocycles. The molecule has 0 unspecified atom stereocenters. The van der Waals surface area contributed by atoms with E-state index < -0.39 is 90.8 Å². The highest BCUT2D eigenvalue weighted by molar-refractivity contribution is 5.93. The SMILES string of the molecule is CCCCCC1(CCCCC)O[C@@H]2[C@H](O1)[C@H]1ON(Cc3ccccc3C=CCO[C@H]3O[C@H](CO)[C@H](O)[C@H](O)[C@H]3O)[C@@H]3C(=O)O[C@@H]2C[C@]13C(=O)NCCO. The lowest BCUT2D eigenvalue weighted by Crippen LogP contribution is -2.69. The average Bonchev–Trinajstić information content (AvgIpc) is 3.71. The van der Waals surface area contributed by atoms with Crippen LogP contribution in [0, 0.1) is 5.41 Å². The van der Waals surface area contributed by atoms with Gasteiger partial charge < -0.3 is 54.5 Å². The fourth-order valence-corrected chi connectivity index (χ4v) is 8.57. The number of carbonyl (C=O) groups excluding carboxylic acids is 2. The first-order chi connectivity index (χ1) is 25.6. The predicted molar refractivity (Wildman–Crippen MR) is 187 cm³/mol. The molecule has 0 spiro atoms. The first-order valence-electron chi connectivity index (χ1n) is 19.2. The Bertz CT molecular complexity index is 1420. The minimum atomic E-state index is -1.55. The van der Waals surface area contributed by atoms with Crippen molar-refractivity contribution in [2.45, 2.75) is 145 Å². The molecule has 0 radical (unpaired) electrons. The van der Waals surface area contributed by atoms with Crippen LogP contribution in [0.1, 0.15) is 82.8 Å². The van der Waals surface area contributed by atoms with E-state index in [1.165, 1.54) is 5.06 Å². The molecule has 53 heavy (non-hydrogen) atoms. The summed E-state index contributed by atoms with van der Waals surface area (Å²) in [4.78, 5) is 34.9. The van der Waals surface area contributed by atoms with Crippen molar-refractivity contribution in [1.82, 2.24) is 10.4 Å². The second-order valence-electron chi connectivity index (χ2n) is 14.8. The third-order valence-electron chi connectivity index (χ3n) is 11.3. The van der Waals surface area contributed by atoms with Gasteiger partial charge in [0.05, 0.1) is 26.4 Å². The zero-order valence-electron chi connectivity index (χ0n) is 30.6. The number of aliphatic hydroxyl groups is 5. The number of aliphatic hydroxyl groups excluding tert-OH is 5. The number of hydrogen-bond donors (Lipinski definition) is 6. The van der Waals surface area contributed by atoms with Gasteiger partial charge in [0.1, 0.15) is 54.2 Å². The van der Waals surface area contributed by atoms with Crippen molar-refractivity contribution < 1.29 is 63.6 Å². The lowest BCUT2D eigenvalue weighted by atomic mass is 9.62. The van der Waals surface area contributed by atoms with Gasteiger partial charge in [-0.2, -0.15) is 5.06 Å². The molecule has 1 amide bonds. The molecule has 0 aromatic heterocycles. The molecule has 1 aliphatic carbocycles. The summed E-state index contributed by atoms with van der Waals surface area (Å²) in [6.07, 6.45) is 1.19. The maximum absolute atomic E-state index is 14.2. The Morgan fingerprint density at radius 2 is 1.72 bits per heavy atom. The van der Waals surface area contributed by atoms with Crippen molar-refractivity contribution in [1.29, 1.82) is 0 Å². The van der Waals surface area contributed by atoms with E-state index in [-0.39, 0.29) is 32.7 Å². The standard InChI is InChI=1S/C38H56N2O13/c1-3-5-9-15-37(16-10-6-4-2)51-30-25-20-38(36(47)39-17-18-41)32(34(46)49-25)40(53-33(38)31(30)52-37)21-24-13-8-7-12-23(24)14-11-19-48-35-29(45)28(44)27(43)26(22-42)50-35/h7-8,11-14,25-33,35,41-45H,3-6,9-10,15-22H2,1-2H3,(H,39,47)/t25-,26-,27+,28+,29-,30+,31+,32-,33-,35+,38-/m1/s1. The van der Waals surface area contributed by atoms with Crippen molar-refractivity contribution in [3.8, 4) is 0 Å². The number of amides is 1. The number of ether oxygens (including phenoxy) is 5. The molecular formula is C38H56N2O13. The van der Waals surface area contributed by atoms with E-state index in [1.807, 2.05) is 24.3 Å². The second-order valence-corrected chi connectivity index (χ2v) is 14.8. The van der Waals surface area contributed by atoms with Gasteiger partial charge in [0.2, 0.25) is 5.91 Å². The maximum atomic E-state index is 14.2. The molecule has 296 valence electrons. The number of hydroxylamine groups is 2. The number of esters is 1. The first kappa shape index (κ1) is 40.1. The highest BCUT2D eigenvalue weighted by atomic mass is 16.8. The molecule has 11 atom stereocenters. The fourth-order valence-electron chi connectivity index (χ4n) is 8.57.